The number of hydrogen-bond donors (Lipinski definition) is 1. The second kappa shape index (κ2) is 5.92. The van der Waals surface area contributed by atoms with Crippen LogP contribution in [0.15, 0.2) is 53.4 Å². The van der Waals surface area contributed by atoms with Crippen molar-refractivity contribution in [2.75, 3.05) is 11.5 Å². The van der Waals surface area contributed by atoms with Crippen molar-refractivity contribution in [2.24, 2.45) is 0 Å². The van der Waals surface area contributed by atoms with Crippen LogP contribution in [0.2, 0.25) is 0 Å². The SMILES string of the molecule is Nc1ccc(S(=O)(=O)CCc2ccccc2[N+](=O)[O-])cc1. The number of nitro benzene ring substituents is 1. The maximum absolute atomic E-state index is 12.2. The quantitative estimate of drug-likeness (QED) is 0.518. The second-order valence-electron chi connectivity index (χ2n) is 4.52. The van der Waals surface area contributed by atoms with Crippen LogP contribution in [0.25, 0.3) is 0 Å². The van der Waals surface area contributed by atoms with E-state index in [1.54, 1.807) is 18.2 Å². The Hall–Kier alpha value is -2.41. The minimum Gasteiger partial charge on any atom is -0.399 e. The molecule has 110 valence electrons. The van der Waals surface area contributed by atoms with Crippen molar-refractivity contribution in [1.82, 2.24) is 0 Å². The Labute approximate surface area is 122 Å². The smallest absolute Gasteiger partial charge is 0.272 e. The first kappa shape index (κ1) is 15.0. The molecular weight excluding hydrogens is 292 g/mol. The van der Waals surface area contributed by atoms with Gasteiger partial charge in [0.25, 0.3) is 5.69 Å². The molecule has 21 heavy (non-hydrogen) atoms. The van der Waals surface area contributed by atoms with Gasteiger partial charge in [-0.15, -0.1) is 0 Å². The summed E-state index contributed by atoms with van der Waals surface area (Å²) in [6.07, 6.45) is 0.0872. The van der Waals surface area contributed by atoms with Crippen LogP contribution < -0.4 is 5.73 Å². The Morgan fingerprint density at radius 3 is 2.29 bits per heavy atom. The third-order valence-electron chi connectivity index (χ3n) is 3.07. The van der Waals surface area contributed by atoms with Crippen LogP contribution >= 0.6 is 0 Å². The molecule has 0 radical (unpaired) electrons. The highest BCUT2D eigenvalue weighted by Crippen LogP contribution is 2.20. The van der Waals surface area contributed by atoms with Crippen LogP contribution in [0.4, 0.5) is 11.4 Å². The zero-order valence-corrected chi connectivity index (χ0v) is 11.9. The van der Waals surface area contributed by atoms with E-state index in [0.29, 0.717) is 11.3 Å². The van der Waals surface area contributed by atoms with Gasteiger partial charge < -0.3 is 5.73 Å². The van der Waals surface area contributed by atoms with Crippen molar-refractivity contribution in [1.29, 1.82) is 0 Å². The molecule has 0 aliphatic carbocycles. The molecule has 0 aliphatic rings. The van der Waals surface area contributed by atoms with Gasteiger partial charge in [0.2, 0.25) is 0 Å². The summed E-state index contributed by atoms with van der Waals surface area (Å²) in [5.74, 6) is -0.193. The molecule has 2 rings (SSSR count). The largest absolute Gasteiger partial charge is 0.399 e. The van der Waals surface area contributed by atoms with Crippen molar-refractivity contribution in [2.45, 2.75) is 11.3 Å². The molecular formula is C14H14N2O4S. The molecule has 0 aliphatic heterocycles. The Kier molecular flexibility index (Phi) is 4.23. The third-order valence-corrected chi connectivity index (χ3v) is 4.80. The first-order chi connectivity index (χ1) is 9.90. The molecule has 0 fully saturated rings. The zero-order chi connectivity index (χ0) is 15.5. The minimum absolute atomic E-state index is 0.0648. The van der Waals surface area contributed by atoms with Crippen LogP contribution in [-0.2, 0) is 16.3 Å². The number of nitrogen functional groups attached to an aromatic ring is 1. The van der Waals surface area contributed by atoms with E-state index in [1.807, 2.05) is 0 Å². The first-order valence-electron chi connectivity index (χ1n) is 6.21. The summed E-state index contributed by atoms with van der Waals surface area (Å²) in [5, 5.41) is 10.9. The molecule has 0 aromatic heterocycles. The molecule has 2 aromatic rings. The van der Waals surface area contributed by atoms with E-state index in [9.17, 15) is 18.5 Å². The van der Waals surface area contributed by atoms with E-state index in [-0.39, 0.29) is 22.8 Å². The maximum atomic E-state index is 12.2. The van der Waals surface area contributed by atoms with Crippen LogP contribution in [0, 0.1) is 10.1 Å². The van der Waals surface area contributed by atoms with Gasteiger partial charge in [-0.2, -0.15) is 0 Å². The number of nitrogens with zero attached hydrogens (tertiary/aromatic N) is 1. The van der Waals surface area contributed by atoms with Gasteiger partial charge in [-0.1, -0.05) is 18.2 Å². The Balaban J connectivity index is 2.19. The molecule has 0 spiro atoms. The molecule has 7 heteroatoms. The van der Waals surface area contributed by atoms with Crippen LogP contribution in [0.5, 0.6) is 0 Å². The number of benzene rings is 2. The fraction of sp³-hybridized carbons (Fsp3) is 0.143. The van der Waals surface area contributed by atoms with Crippen LogP contribution in [0.1, 0.15) is 5.56 Å². The van der Waals surface area contributed by atoms with Crippen molar-refractivity contribution in [3.05, 3.63) is 64.2 Å². The molecule has 0 saturated carbocycles. The van der Waals surface area contributed by atoms with Crippen molar-refractivity contribution >= 4 is 21.2 Å². The highest BCUT2D eigenvalue weighted by atomic mass is 32.2. The lowest BCUT2D eigenvalue weighted by atomic mass is 10.1. The van der Waals surface area contributed by atoms with Gasteiger partial charge in [-0.3, -0.25) is 10.1 Å². The number of hydrogen-bond acceptors (Lipinski definition) is 5. The highest BCUT2D eigenvalue weighted by molar-refractivity contribution is 7.91. The molecule has 0 unspecified atom stereocenters. The zero-order valence-electron chi connectivity index (χ0n) is 11.1. The van der Waals surface area contributed by atoms with Crippen LogP contribution in [-0.4, -0.2) is 19.1 Å². The predicted octanol–water partition coefficient (Wildman–Crippen LogP) is 2.19. The summed E-state index contributed by atoms with van der Waals surface area (Å²) in [6.45, 7) is 0. The van der Waals surface area contributed by atoms with E-state index in [1.165, 1.54) is 30.3 Å². The van der Waals surface area contributed by atoms with Crippen molar-refractivity contribution < 1.29 is 13.3 Å². The lowest BCUT2D eigenvalue weighted by Crippen LogP contribution is -2.10. The predicted molar refractivity (Wildman–Crippen MR) is 79.7 cm³/mol. The molecule has 0 bridgehead atoms. The van der Waals surface area contributed by atoms with Gasteiger partial charge >= 0.3 is 0 Å². The van der Waals surface area contributed by atoms with Gasteiger partial charge in [0, 0.05) is 17.3 Å². The average Bonchev–Trinajstić information content (AvgIpc) is 2.46. The minimum atomic E-state index is -3.50. The number of anilines is 1. The van der Waals surface area contributed by atoms with E-state index < -0.39 is 14.8 Å². The molecule has 0 saturated heterocycles. The maximum Gasteiger partial charge on any atom is 0.272 e. The molecule has 0 heterocycles. The van der Waals surface area contributed by atoms with Crippen molar-refractivity contribution in [3.8, 4) is 0 Å². The summed E-state index contributed by atoms with van der Waals surface area (Å²) in [5.41, 5.74) is 6.34. The topological polar surface area (TPSA) is 103 Å². The van der Waals surface area contributed by atoms with E-state index in [0.717, 1.165) is 0 Å². The number of nitrogens with two attached hydrogens (primary N) is 1. The molecule has 0 amide bonds. The van der Waals surface area contributed by atoms with Gasteiger partial charge in [0.05, 0.1) is 15.6 Å². The number of rotatable bonds is 5. The Morgan fingerprint density at radius 2 is 1.67 bits per heavy atom. The van der Waals surface area contributed by atoms with E-state index >= 15 is 0 Å². The van der Waals surface area contributed by atoms with Gasteiger partial charge in [0.1, 0.15) is 0 Å². The standard InChI is InChI=1S/C14H14N2O4S/c15-12-5-7-13(8-6-12)21(19,20)10-9-11-3-1-2-4-14(11)16(17)18/h1-8H,9-10,15H2. The number of para-hydroxylation sites is 1. The fourth-order valence-corrected chi connectivity index (χ4v) is 3.21. The highest BCUT2D eigenvalue weighted by Gasteiger charge is 2.18. The number of sulfone groups is 1. The summed E-state index contributed by atoms with van der Waals surface area (Å²) < 4.78 is 24.4. The lowest BCUT2D eigenvalue weighted by molar-refractivity contribution is -0.385. The van der Waals surface area contributed by atoms with E-state index in [4.69, 9.17) is 5.73 Å². The molecule has 0 atom stereocenters. The number of nitro groups is 1. The number of aryl methyl sites for hydroxylation is 1. The van der Waals surface area contributed by atoms with Gasteiger partial charge in [0.15, 0.2) is 9.84 Å². The van der Waals surface area contributed by atoms with Crippen LogP contribution in [0.3, 0.4) is 0 Å². The Morgan fingerprint density at radius 1 is 1.05 bits per heavy atom. The first-order valence-corrected chi connectivity index (χ1v) is 7.86. The second-order valence-corrected chi connectivity index (χ2v) is 6.63. The van der Waals surface area contributed by atoms with Gasteiger partial charge in [-0.05, 0) is 30.7 Å². The third kappa shape index (κ3) is 3.57. The summed E-state index contributed by atoms with van der Waals surface area (Å²) >= 11 is 0. The summed E-state index contributed by atoms with van der Waals surface area (Å²) in [4.78, 5) is 10.5. The van der Waals surface area contributed by atoms with E-state index in [2.05, 4.69) is 0 Å². The average molecular weight is 306 g/mol. The molecule has 6 nitrogen and oxygen atoms in total. The molecule has 2 aromatic carbocycles. The normalized spacial score (nSPS) is 11.2. The summed E-state index contributed by atoms with van der Waals surface area (Å²) in [7, 11) is -3.50. The Bertz CT molecular complexity index is 755. The monoisotopic (exact) mass is 306 g/mol. The van der Waals surface area contributed by atoms with Gasteiger partial charge in [-0.25, -0.2) is 8.42 Å². The molecule has 2 N–H and O–H groups in total. The fourth-order valence-electron chi connectivity index (χ4n) is 1.94. The lowest BCUT2D eigenvalue weighted by Gasteiger charge is -2.05. The van der Waals surface area contributed by atoms with Crippen molar-refractivity contribution in [3.63, 3.8) is 0 Å². The summed E-state index contributed by atoms with van der Waals surface area (Å²) in [6, 6.07) is 12.0.